The van der Waals surface area contributed by atoms with Gasteiger partial charge >= 0.3 is 0 Å². The first-order valence-corrected chi connectivity index (χ1v) is 13.9. The molecule has 4 fully saturated rings. The topological polar surface area (TPSA) is 86.5 Å². The molecule has 1 unspecified atom stereocenters. The van der Waals surface area contributed by atoms with Crippen LogP contribution in [0, 0.1) is 0 Å². The summed E-state index contributed by atoms with van der Waals surface area (Å²) in [6, 6.07) is 6.89. The molecule has 1 saturated carbocycles. The molecule has 8 nitrogen and oxygen atoms in total. The first kappa shape index (κ1) is 23.8. The molecule has 4 aliphatic rings. The molecule has 2 bridgehead atoms. The number of hydrogen-bond donors (Lipinski definition) is 2. The lowest BCUT2D eigenvalue weighted by Crippen LogP contribution is -2.43. The van der Waals surface area contributed by atoms with Crippen LogP contribution in [0.5, 0.6) is 0 Å². The Kier molecular flexibility index (Phi) is 6.67. The van der Waals surface area contributed by atoms with E-state index in [2.05, 4.69) is 45.2 Å². The predicted octanol–water partition coefficient (Wildman–Crippen LogP) is 3.70. The Morgan fingerprint density at radius 1 is 1.00 bits per heavy atom. The van der Waals surface area contributed by atoms with E-state index in [9.17, 15) is 9.90 Å². The standard InChI is InChI=1S/C28H38N6O2/c1-2-3-11-29-28-30-18-24-22-9-4-19(25-10-12-32-13-15-33(25)16-14-32)17-23(22)27(36)34(26(24)31-28)20-5-7-21(35)8-6-20/h4,9,17-18,20-21,25,35H,2-3,5-8,10-16H2,1H3,(H,29,30,31). The van der Waals surface area contributed by atoms with Crippen molar-refractivity contribution in [3.05, 3.63) is 40.3 Å². The molecule has 36 heavy (non-hydrogen) atoms. The Bertz CT molecular complexity index is 1290. The molecular formula is C28H38N6O2. The van der Waals surface area contributed by atoms with Crippen molar-refractivity contribution in [1.82, 2.24) is 24.3 Å². The lowest BCUT2D eigenvalue weighted by atomic mass is 9.92. The molecular weight excluding hydrogens is 452 g/mol. The second-order valence-electron chi connectivity index (χ2n) is 10.8. The maximum atomic E-state index is 14.2. The van der Waals surface area contributed by atoms with E-state index in [-0.39, 0.29) is 17.7 Å². The zero-order valence-electron chi connectivity index (χ0n) is 21.3. The number of benzene rings is 1. The summed E-state index contributed by atoms with van der Waals surface area (Å²) in [7, 11) is 0. The SMILES string of the molecule is CCCCNc1ncc2c3ccc(C4CCN5CCN4CC5)cc3c(=O)n(C3CCC(O)CC3)c2n1. The van der Waals surface area contributed by atoms with Gasteiger partial charge in [0, 0.05) is 68.3 Å². The van der Waals surface area contributed by atoms with Crippen LogP contribution in [-0.2, 0) is 0 Å². The molecule has 3 saturated heterocycles. The summed E-state index contributed by atoms with van der Waals surface area (Å²) in [5.74, 6) is 0.577. The molecule has 1 atom stereocenters. The first-order chi connectivity index (χ1) is 17.6. The molecule has 2 N–H and O–H groups in total. The summed E-state index contributed by atoms with van der Waals surface area (Å²) >= 11 is 0. The summed E-state index contributed by atoms with van der Waals surface area (Å²) < 4.78 is 1.92. The van der Waals surface area contributed by atoms with E-state index in [4.69, 9.17) is 4.98 Å². The van der Waals surface area contributed by atoms with Gasteiger partial charge in [-0.1, -0.05) is 25.5 Å². The highest BCUT2D eigenvalue weighted by molar-refractivity contribution is 6.04. The molecule has 7 rings (SSSR count). The molecule has 2 aromatic heterocycles. The lowest BCUT2D eigenvalue weighted by molar-refractivity contribution is 0.111. The Morgan fingerprint density at radius 2 is 1.81 bits per heavy atom. The normalized spacial score (nSPS) is 28.4. The van der Waals surface area contributed by atoms with Crippen LogP contribution in [0.4, 0.5) is 5.95 Å². The highest BCUT2D eigenvalue weighted by Crippen LogP contribution is 2.34. The van der Waals surface area contributed by atoms with Crippen molar-refractivity contribution in [3.63, 3.8) is 0 Å². The molecule has 0 spiro atoms. The minimum Gasteiger partial charge on any atom is -0.393 e. The number of aliphatic hydroxyl groups excluding tert-OH is 1. The zero-order valence-corrected chi connectivity index (χ0v) is 21.3. The van der Waals surface area contributed by atoms with Crippen molar-refractivity contribution in [2.45, 2.75) is 70.1 Å². The summed E-state index contributed by atoms with van der Waals surface area (Å²) in [6.07, 6.45) is 7.87. The summed E-state index contributed by atoms with van der Waals surface area (Å²) in [5, 5.41) is 16.1. The van der Waals surface area contributed by atoms with Crippen molar-refractivity contribution in [2.24, 2.45) is 0 Å². The minimum atomic E-state index is -0.272. The van der Waals surface area contributed by atoms with Crippen molar-refractivity contribution < 1.29 is 5.11 Å². The zero-order chi connectivity index (χ0) is 24.6. The highest BCUT2D eigenvalue weighted by atomic mass is 16.3. The van der Waals surface area contributed by atoms with Crippen molar-refractivity contribution in [1.29, 1.82) is 0 Å². The van der Waals surface area contributed by atoms with Gasteiger partial charge in [-0.2, -0.15) is 4.98 Å². The van der Waals surface area contributed by atoms with E-state index in [1.807, 2.05) is 10.8 Å². The van der Waals surface area contributed by atoms with Gasteiger partial charge in [0.15, 0.2) is 0 Å². The van der Waals surface area contributed by atoms with Gasteiger partial charge in [0.1, 0.15) is 5.65 Å². The van der Waals surface area contributed by atoms with E-state index in [1.165, 1.54) is 5.56 Å². The Labute approximate surface area is 212 Å². The quantitative estimate of drug-likeness (QED) is 0.403. The average molecular weight is 491 g/mol. The summed E-state index contributed by atoms with van der Waals surface area (Å²) in [6.45, 7) is 8.56. The maximum absolute atomic E-state index is 14.2. The van der Waals surface area contributed by atoms with Gasteiger partial charge in [-0.05, 0) is 55.5 Å². The van der Waals surface area contributed by atoms with Crippen molar-refractivity contribution in [3.8, 4) is 0 Å². The first-order valence-electron chi connectivity index (χ1n) is 13.9. The van der Waals surface area contributed by atoms with Gasteiger partial charge in [-0.15, -0.1) is 0 Å². The number of nitrogens with one attached hydrogen (secondary N) is 1. The number of rotatable bonds is 6. The van der Waals surface area contributed by atoms with Gasteiger partial charge < -0.3 is 15.3 Å². The van der Waals surface area contributed by atoms with Gasteiger partial charge in [-0.3, -0.25) is 14.3 Å². The fourth-order valence-electron chi connectivity index (χ4n) is 6.43. The van der Waals surface area contributed by atoms with Crippen molar-refractivity contribution in [2.75, 3.05) is 44.6 Å². The Morgan fingerprint density at radius 3 is 2.58 bits per heavy atom. The second kappa shape index (κ2) is 10.1. The lowest BCUT2D eigenvalue weighted by Gasteiger charge is -2.33. The monoisotopic (exact) mass is 490 g/mol. The minimum absolute atomic E-state index is 0.0376. The number of anilines is 1. The van der Waals surface area contributed by atoms with Crippen LogP contribution in [0.15, 0.2) is 29.2 Å². The van der Waals surface area contributed by atoms with Crippen LogP contribution in [0.3, 0.4) is 0 Å². The summed E-state index contributed by atoms with van der Waals surface area (Å²) in [5.41, 5.74) is 1.99. The molecule has 5 heterocycles. The Balaban J connectivity index is 1.48. The molecule has 3 aromatic rings. The molecule has 0 radical (unpaired) electrons. The van der Waals surface area contributed by atoms with Crippen molar-refractivity contribution >= 4 is 27.8 Å². The number of aliphatic hydroxyl groups is 1. The number of nitrogens with zero attached hydrogens (tertiary/aromatic N) is 5. The fourth-order valence-corrected chi connectivity index (χ4v) is 6.43. The molecule has 1 aromatic carbocycles. The third-order valence-corrected chi connectivity index (χ3v) is 8.58. The van der Waals surface area contributed by atoms with Crippen LogP contribution < -0.4 is 10.9 Å². The van der Waals surface area contributed by atoms with Crippen LogP contribution in [0.2, 0.25) is 0 Å². The Hall–Kier alpha value is -2.55. The smallest absolute Gasteiger partial charge is 0.260 e. The number of hydrogen-bond acceptors (Lipinski definition) is 7. The fraction of sp³-hybridized carbons (Fsp3) is 0.607. The summed E-state index contributed by atoms with van der Waals surface area (Å²) in [4.78, 5) is 28.8. The van der Waals surface area contributed by atoms with Gasteiger partial charge in [0.05, 0.1) is 6.10 Å². The van der Waals surface area contributed by atoms with Gasteiger partial charge in [-0.25, -0.2) is 4.98 Å². The number of aromatic nitrogens is 3. The average Bonchev–Trinajstić information content (AvgIpc) is 3.24. The van der Waals surface area contributed by atoms with Crippen LogP contribution in [0.25, 0.3) is 21.8 Å². The van der Waals surface area contributed by atoms with E-state index in [0.717, 1.165) is 100 Å². The van der Waals surface area contributed by atoms with Crippen LogP contribution in [-0.4, -0.2) is 74.8 Å². The van der Waals surface area contributed by atoms with E-state index >= 15 is 0 Å². The van der Waals surface area contributed by atoms with Crippen LogP contribution >= 0.6 is 0 Å². The van der Waals surface area contributed by atoms with Crippen LogP contribution in [0.1, 0.15) is 69.5 Å². The molecule has 192 valence electrons. The third kappa shape index (κ3) is 4.40. The highest BCUT2D eigenvalue weighted by Gasteiger charge is 2.30. The number of piperazine rings is 1. The molecule has 1 aliphatic carbocycles. The number of pyridine rings is 1. The maximum Gasteiger partial charge on any atom is 0.260 e. The molecule has 8 heteroatoms. The largest absolute Gasteiger partial charge is 0.393 e. The molecule has 3 aliphatic heterocycles. The second-order valence-corrected chi connectivity index (χ2v) is 10.8. The van der Waals surface area contributed by atoms with E-state index < -0.39 is 0 Å². The number of fused-ring (bicyclic) bond motifs is 7. The van der Waals surface area contributed by atoms with Gasteiger partial charge in [0.25, 0.3) is 5.56 Å². The van der Waals surface area contributed by atoms with E-state index in [0.29, 0.717) is 17.6 Å². The third-order valence-electron chi connectivity index (χ3n) is 8.58. The number of unbranched alkanes of at least 4 members (excludes halogenated alkanes) is 1. The predicted molar refractivity (Wildman–Crippen MR) is 144 cm³/mol. The molecule has 0 amide bonds. The van der Waals surface area contributed by atoms with E-state index in [1.54, 1.807) is 0 Å². The van der Waals surface area contributed by atoms with Gasteiger partial charge in [0.2, 0.25) is 5.95 Å².